The smallest absolute Gasteiger partial charge is 0.305 e. The zero-order chi connectivity index (χ0) is 23.9. The number of nitrogens with zero attached hydrogens (tertiary/aromatic N) is 3. The summed E-state index contributed by atoms with van der Waals surface area (Å²) >= 11 is 0. The van der Waals surface area contributed by atoms with Crippen molar-refractivity contribution in [1.82, 2.24) is 25.4 Å². The van der Waals surface area contributed by atoms with Gasteiger partial charge >= 0.3 is 5.97 Å². The van der Waals surface area contributed by atoms with E-state index in [1.54, 1.807) is 24.5 Å². The Morgan fingerprint density at radius 2 is 1.85 bits per heavy atom. The fourth-order valence-electron chi connectivity index (χ4n) is 5.63. The molecular formula is C25H37N5O4. The van der Waals surface area contributed by atoms with E-state index in [-0.39, 0.29) is 30.1 Å². The van der Waals surface area contributed by atoms with E-state index in [1.807, 2.05) is 4.90 Å². The van der Waals surface area contributed by atoms with Crippen molar-refractivity contribution in [2.75, 3.05) is 39.3 Å². The fraction of sp³-hybridized carbons (Fsp3) is 0.680. The average Bonchev–Trinajstić information content (AvgIpc) is 2.89. The third-order valence-electron chi connectivity index (χ3n) is 7.59. The Morgan fingerprint density at radius 3 is 2.53 bits per heavy atom. The Bertz CT molecular complexity index is 837. The number of rotatable bonds is 7. The number of aliphatic carboxylic acids is 1. The maximum Gasteiger partial charge on any atom is 0.305 e. The molecule has 0 aromatic carbocycles. The minimum atomic E-state index is -0.981. The summed E-state index contributed by atoms with van der Waals surface area (Å²) in [6.07, 6.45) is 8.63. The van der Waals surface area contributed by atoms with Crippen LogP contribution in [-0.2, 0) is 14.4 Å². The number of amides is 2. The Kier molecular flexibility index (Phi) is 8.50. The molecule has 0 radical (unpaired) electrons. The Labute approximate surface area is 201 Å². The van der Waals surface area contributed by atoms with Gasteiger partial charge in [-0.3, -0.25) is 19.4 Å². The van der Waals surface area contributed by atoms with Crippen LogP contribution in [0, 0.1) is 11.8 Å². The van der Waals surface area contributed by atoms with Gasteiger partial charge in [0, 0.05) is 37.4 Å². The van der Waals surface area contributed by atoms with E-state index >= 15 is 0 Å². The van der Waals surface area contributed by atoms with E-state index in [1.165, 1.54) is 12.8 Å². The van der Waals surface area contributed by atoms with E-state index < -0.39 is 12.0 Å². The van der Waals surface area contributed by atoms with Crippen LogP contribution in [0.2, 0.25) is 0 Å². The summed E-state index contributed by atoms with van der Waals surface area (Å²) in [5, 5.41) is 15.6. The van der Waals surface area contributed by atoms with Crippen molar-refractivity contribution < 1.29 is 19.5 Å². The van der Waals surface area contributed by atoms with E-state index in [2.05, 4.69) is 20.5 Å². The lowest BCUT2D eigenvalue weighted by molar-refractivity contribution is -0.141. The number of nitrogens with one attached hydrogen (secondary N) is 2. The van der Waals surface area contributed by atoms with E-state index in [4.69, 9.17) is 0 Å². The molecule has 0 saturated carbocycles. The van der Waals surface area contributed by atoms with Crippen LogP contribution in [0.1, 0.15) is 56.6 Å². The molecule has 1 aromatic heterocycles. The van der Waals surface area contributed by atoms with E-state index in [9.17, 15) is 19.5 Å². The molecule has 3 N–H and O–H groups in total. The highest BCUT2D eigenvalue weighted by Gasteiger charge is 2.35. The highest BCUT2D eigenvalue weighted by molar-refractivity contribution is 5.83. The molecule has 0 bridgehead atoms. The molecule has 2 atom stereocenters. The van der Waals surface area contributed by atoms with Crippen LogP contribution in [0.15, 0.2) is 24.5 Å². The van der Waals surface area contributed by atoms with Gasteiger partial charge < -0.3 is 25.5 Å². The number of carboxylic acid groups (broad SMARTS) is 1. The molecule has 0 spiro atoms. The monoisotopic (exact) mass is 471 g/mol. The van der Waals surface area contributed by atoms with Gasteiger partial charge in [0.1, 0.15) is 0 Å². The first kappa shape index (κ1) is 24.6. The van der Waals surface area contributed by atoms with Crippen molar-refractivity contribution in [2.24, 2.45) is 11.8 Å². The normalized spacial score (nSPS) is 23.9. The third kappa shape index (κ3) is 6.33. The first-order chi connectivity index (χ1) is 16.5. The molecule has 3 aliphatic rings. The Hall–Kier alpha value is -2.52. The van der Waals surface area contributed by atoms with Crippen LogP contribution >= 0.6 is 0 Å². The molecule has 0 unspecified atom stereocenters. The van der Waals surface area contributed by atoms with Gasteiger partial charge in [0.15, 0.2) is 0 Å². The predicted molar refractivity (Wildman–Crippen MR) is 127 cm³/mol. The van der Waals surface area contributed by atoms with Gasteiger partial charge in [0.05, 0.1) is 18.4 Å². The van der Waals surface area contributed by atoms with Gasteiger partial charge in [-0.1, -0.05) is 6.07 Å². The lowest BCUT2D eigenvalue weighted by Crippen LogP contribution is -2.51. The summed E-state index contributed by atoms with van der Waals surface area (Å²) in [6, 6.07) is 3.50. The second-order valence-electron chi connectivity index (χ2n) is 9.86. The maximum absolute atomic E-state index is 13.3. The van der Waals surface area contributed by atoms with Crippen LogP contribution in [0.4, 0.5) is 0 Å². The predicted octanol–water partition coefficient (Wildman–Crippen LogP) is 1.42. The Balaban J connectivity index is 1.30. The van der Waals surface area contributed by atoms with Crippen molar-refractivity contribution in [3.63, 3.8) is 0 Å². The topological polar surface area (TPSA) is 115 Å². The summed E-state index contributed by atoms with van der Waals surface area (Å²) in [5.41, 5.74) is 0.669. The molecule has 9 nitrogen and oxygen atoms in total. The zero-order valence-corrected chi connectivity index (χ0v) is 19.8. The number of pyridine rings is 1. The molecule has 3 saturated heterocycles. The standard InChI is InChI=1S/C25H37N5O4/c31-23(32)15-22(19-3-1-9-27-16-19)28-24(33)20-4-2-12-30(17-20)25(34)18-7-13-29(14-8-18)21-5-10-26-11-6-21/h1,3,9,16,18,20-22,26H,2,4-8,10-15,17H2,(H,28,33)(H,31,32)/t20-,22+/m1/s1. The molecule has 34 heavy (non-hydrogen) atoms. The van der Waals surface area contributed by atoms with Crippen LogP contribution in [0.5, 0.6) is 0 Å². The number of aromatic nitrogens is 1. The minimum absolute atomic E-state index is 0.0370. The highest BCUT2D eigenvalue weighted by Crippen LogP contribution is 2.27. The number of carbonyl (C=O) groups is 3. The average molecular weight is 472 g/mol. The van der Waals surface area contributed by atoms with Crippen LogP contribution in [0.3, 0.4) is 0 Å². The first-order valence-electron chi connectivity index (χ1n) is 12.7. The summed E-state index contributed by atoms with van der Waals surface area (Å²) in [4.78, 5) is 46.1. The van der Waals surface area contributed by atoms with Gasteiger partial charge in [-0.05, 0) is 76.3 Å². The summed E-state index contributed by atoms with van der Waals surface area (Å²) in [6.45, 7) is 5.20. The minimum Gasteiger partial charge on any atom is -0.481 e. The quantitative estimate of drug-likeness (QED) is 0.551. The van der Waals surface area contributed by atoms with E-state index in [0.29, 0.717) is 31.1 Å². The van der Waals surface area contributed by atoms with Gasteiger partial charge in [0.2, 0.25) is 11.8 Å². The summed E-state index contributed by atoms with van der Waals surface area (Å²) in [7, 11) is 0. The zero-order valence-electron chi connectivity index (χ0n) is 19.8. The van der Waals surface area contributed by atoms with E-state index in [0.717, 1.165) is 45.4 Å². The number of carboxylic acids is 1. The number of carbonyl (C=O) groups excluding carboxylic acids is 2. The lowest BCUT2D eigenvalue weighted by Gasteiger charge is -2.41. The summed E-state index contributed by atoms with van der Waals surface area (Å²) < 4.78 is 0. The molecule has 9 heteroatoms. The van der Waals surface area contributed by atoms with Crippen LogP contribution < -0.4 is 10.6 Å². The first-order valence-corrected chi connectivity index (χ1v) is 12.7. The van der Waals surface area contributed by atoms with Crippen molar-refractivity contribution in [3.05, 3.63) is 30.1 Å². The molecule has 3 fully saturated rings. The molecule has 4 rings (SSSR count). The molecule has 2 amide bonds. The number of likely N-dealkylation sites (tertiary alicyclic amines) is 2. The molecular weight excluding hydrogens is 434 g/mol. The molecule has 1 aromatic rings. The van der Waals surface area contributed by atoms with Gasteiger partial charge in [-0.2, -0.15) is 0 Å². The lowest BCUT2D eigenvalue weighted by atomic mass is 9.90. The molecule has 3 aliphatic heterocycles. The number of hydrogen-bond acceptors (Lipinski definition) is 6. The van der Waals surface area contributed by atoms with Crippen LogP contribution in [-0.4, -0.2) is 83.0 Å². The number of piperidine rings is 3. The van der Waals surface area contributed by atoms with Gasteiger partial charge in [0.25, 0.3) is 0 Å². The maximum atomic E-state index is 13.3. The highest BCUT2D eigenvalue weighted by atomic mass is 16.4. The van der Waals surface area contributed by atoms with Crippen molar-refractivity contribution in [3.8, 4) is 0 Å². The van der Waals surface area contributed by atoms with Crippen LogP contribution in [0.25, 0.3) is 0 Å². The van der Waals surface area contributed by atoms with Crippen molar-refractivity contribution in [1.29, 1.82) is 0 Å². The Morgan fingerprint density at radius 1 is 1.09 bits per heavy atom. The van der Waals surface area contributed by atoms with Crippen molar-refractivity contribution >= 4 is 17.8 Å². The molecule has 0 aliphatic carbocycles. The fourth-order valence-corrected chi connectivity index (χ4v) is 5.63. The molecule has 4 heterocycles. The third-order valence-corrected chi connectivity index (χ3v) is 7.59. The van der Waals surface area contributed by atoms with Gasteiger partial charge in [-0.25, -0.2) is 0 Å². The second kappa shape index (κ2) is 11.8. The SMILES string of the molecule is O=C(O)C[C@H](NC(=O)[C@@H]1CCCN(C(=O)C2CCN(C3CCNCC3)CC2)C1)c1cccnc1. The van der Waals surface area contributed by atoms with Gasteiger partial charge in [-0.15, -0.1) is 0 Å². The number of hydrogen-bond donors (Lipinski definition) is 3. The largest absolute Gasteiger partial charge is 0.481 e. The van der Waals surface area contributed by atoms with Crippen molar-refractivity contribution in [2.45, 2.75) is 57.0 Å². The second-order valence-corrected chi connectivity index (χ2v) is 9.86. The summed E-state index contributed by atoms with van der Waals surface area (Å²) in [5.74, 6) is -1.27. The molecule has 186 valence electrons.